The van der Waals surface area contributed by atoms with Crippen LogP contribution in [-0.2, 0) is 28.6 Å². The Labute approximate surface area is 300 Å². The van der Waals surface area contributed by atoms with Crippen molar-refractivity contribution in [2.75, 3.05) is 41.0 Å². The average Bonchev–Trinajstić information content (AvgIpc) is 3.05. The fourth-order valence-corrected chi connectivity index (χ4v) is 5.41. The monoisotopic (exact) mass is 692 g/mol. The summed E-state index contributed by atoms with van der Waals surface area (Å²) in [5, 5.41) is 11.6. The highest BCUT2D eigenvalue weighted by Gasteiger charge is 2.25. The van der Waals surface area contributed by atoms with Crippen molar-refractivity contribution in [2.45, 2.75) is 167 Å². The summed E-state index contributed by atoms with van der Waals surface area (Å²) in [5.41, 5.74) is 0. The minimum Gasteiger partial charge on any atom is -0.544 e. The van der Waals surface area contributed by atoms with Crippen LogP contribution in [0, 0.1) is 0 Å². The van der Waals surface area contributed by atoms with Gasteiger partial charge in [0.15, 0.2) is 6.10 Å². The van der Waals surface area contributed by atoms with Crippen molar-refractivity contribution in [3.05, 3.63) is 36.5 Å². The van der Waals surface area contributed by atoms with Crippen LogP contribution in [0.1, 0.15) is 155 Å². The minimum atomic E-state index is -1.13. The highest BCUT2D eigenvalue weighted by atomic mass is 16.6. The van der Waals surface area contributed by atoms with Gasteiger partial charge in [0, 0.05) is 19.3 Å². The zero-order chi connectivity index (χ0) is 36.4. The van der Waals surface area contributed by atoms with E-state index in [9.17, 15) is 19.5 Å². The first-order valence-electron chi connectivity index (χ1n) is 19.5. The number of carboxylic acids is 1. The van der Waals surface area contributed by atoms with E-state index >= 15 is 0 Å². The molecule has 0 bridgehead atoms. The summed E-state index contributed by atoms with van der Waals surface area (Å²) < 4.78 is 17.0. The first-order chi connectivity index (χ1) is 23.6. The molecule has 0 fully saturated rings. The van der Waals surface area contributed by atoms with Gasteiger partial charge in [-0.1, -0.05) is 115 Å². The van der Waals surface area contributed by atoms with Crippen molar-refractivity contribution in [1.29, 1.82) is 0 Å². The Kier molecular flexibility index (Phi) is 31.1. The highest BCUT2D eigenvalue weighted by molar-refractivity contribution is 5.70. The number of likely N-dealkylation sites (N-methyl/N-ethyl adjacent to an activating group) is 1. The lowest BCUT2D eigenvalue weighted by Crippen LogP contribution is -2.55. The summed E-state index contributed by atoms with van der Waals surface area (Å²) in [6.45, 7) is 4.52. The van der Waals surface area contributed by atoms with Gasteiger partial charge in [0.2, 0.25) is 0 Å². The fourth-order valence-electron chi connectivity index (χ4n) is 5.41. The molecule has 0 heterocycles. The molecule has 8 heteroatoms. The summed E-state index contributed by atoms with van der Waals surface area (Å²) in [6.07, 6.45) is 34.7. The van der Waals surface area contributed by atoms with Gasteiger partial charge in [-0.3, -0.25) is 9.59 Å². The maximum absolute atomic E-state index is 12.6. The molecule has 0 aromatic heterocycles. The number of carboxylic acid groups (broad SMARTS) is 1. The van der Waals surface area contributed by atoms with Crippen LogP contribution in [0.15, 0.2) is 36.5 Å². The molecule has 284 valence electrons. The molecule has 0 saturated heterocycles. The number of esters is 2. The lowest BCUT2D eigenvalue weighted by molar-refractivity contribution is -0.889. The molecule has 0 N–H and O–H groups in total. The number of carbonyl (C=O) groups is 3. The van der Waals surface area contributed by atoms with Gasteiger partial charge in [0.25, 0.3) is 0 Å². The number of unbranched alkanes of at least 4 members (excludes halogenated alkanes) is 14. The van der Waals surface area contributed by atoms with Gasteiger partial charge < -0.3 is 28.6 Å². The van der Waals surface area contributed by atoms with Crippen molar-refractivity contribution in [3.63, 3.8) is 0 Å². The first-order valence-corrected chi connectivity index (χ1v) is 19.5. The maximum atomic E-state index is 12.6. The van der Waals surface area contributed by atoms with E-state index in [1.54, 1.807) is 21.1 Å². The Balaban J connectivity index is 4.39. The van der Waals surface area contributed by atoms with E-state index in [2.05, 4.69) is 44.2 Å². The summed E-state index contributed by atoms with van der Waals surface area (Å²) in [6, 6.07) is -0.729. The van der Waals surface area contributed by atoms with Crippen LogP contribution in [0.3, 0.4) is 0 Å². The molecule has 0 amide bonds. The summed E-state index contributed by atoms with van der Waals surface area (Å²) >= 11 is 0. The molecule has 0 aromatic carbocycles. The summed E-state index contributed by atoms with van der Waals surface area (Å²) in [7, 11) is 5.38. The van der Waals surface area contributed by atoms with Gasteiger partial charge in [-0.15, -0.1) is 0 Å². The predicted octanol–water partition coefficient (Wildman–Crippen LogP) is 8.57. The number of hydrogen-bond acceptors (Lipinski definition) is 7. The fraction of sp³-hybridized carbons (Fsp3) is 0.780. The number of quaternary nitrogens is 1. The number of aliphatic carboxylic acids is 1. The summed E-state index contributed by atoms with van der Waals surface area (Å²) in [4.78, 5) is 36.5. The Morgan fingerprint density at radius 2 is 1.12 bits per heavy atom. The molecular weight excluding hydrogens is 618 g/mol. The third-order valence-electron chi connectivity index (χ3n) is 8.51. The van der Waals surface area contributed by atoms with E-state index in [4.69, 9.17) is 14.2 Å². The Morgan fingerprint density at radius 3 is 1.71 bits per heavy atom. The minimum absolute atomic E-state index is 0.0263. The number of rotatable bonds is 34. The van der Waals surface area contributed by atoms with Crippen molar-refractivity contribution >= 4 is 17.9 Å². The van der Waals surface area contributed by atoms with Crippen LogP contribution >= 0.6 is 0 Å². The Morgan fingerprint density at radius 1 is 0.612 bits per heavy atom. The van der Waals surface area contributed by atoms with Gasteiger partial charge in [0.1, 0.15) is 12.6 Å². The van der Waals surface area contributed by atoms with E-state index in [-0.39, 0.29) is 49.1 Å². The topological polar surface area (TPSA) is 102 Å². The van der Waals surface area contributed by atoms with Crippen LogP contribution in [0.2, 0.25) is 0 Å². The average molecular weight is 692 g/mol. The lowest BCUT2D eigenvalue weighted by Gasteiger charge is -2.34. The Hall–Kier alpha value is -2.45. The van der Waals surface area contributed by atoms with Crippen LogP contribution in [0.4, 0.5) is 0 Å². The number of allylic oxidation sites excluding steroid dienone is 6. The zero-order valence-electron chi connectivity index (χ0n) is 32.1. The van der Waals surface area contributed by atoms with Crippen LogP contribution in [0.25, 0.3) is 0 Å². The van der Waals surface area contributed by atoms with E-state index in [0.29, 0.717) is 12.8 Å². The third-order valence-corrected chi connectivity index (χ3v) is 8.51. The molecule has 8 nitrogen and oxygen atoms in total. The zero-order valence-corrected chi connectivity index (χ0v) is 32.1. The molecule has 2 atom stereocenters. The van der Waals surface area contributed by atoms with Crippen LogP contribution < -0.4 is 5.11 Å². The molecule has 0 aromatic rings. The van der Waals surface area contributed by atoms with Crippen molar-refractivity contribution < 1.29 is 38.2 Å². The van der Waals surface area contributed by atoms with Gasteiger partial charge in [-0.05, 0) is 57.8 Å². The first kappa shape index (κ1) is 46.5. The smallest absolute Gasteiger partial charge is 0.306 e. The molecule has 0 radical (unpaired) electrons. The van der Waals surface area contributed by atoms with Crippen molar-refractivity contribution in [2.24, 2.45) is 0 Å². The van der Waals surface area contributed by atoms with E-state index in [1.807, 2.05) is 6.08 Å². The normalized spacial score (nSPS) is 13.4. The standard InChI is InChI=1S/C41H73NO7/c1-6-8-10-12-14-16-17-18-19-20-21-22-23-24-26-28-30-32-40(44)49-37(35-47-34-33-38(41(45)46)42(3,4)5)36-48-39(43)31-29-27-25-15-13-11-9-7-2/h14,16,18-19,25,27,37-38H,6-13,15,17,20-24,26,28-36H2,1-5H3/b16-14+,19-18+,27-25+. The molecule has 0 aliphatic carbocycles. The predicted molar refractivity (Wildman–Crippen MR) is 199 cm³/mol. The molecule has 0 aliphatic rings. The number of nitrogens with zero attached hydrogens (tertiary/aromatic N) is 1. The second-order valence-corrected chi connectivity index (χ2v) is 14.2. The second kappa shape index (κ2) is 32.7. The molecular formula is C41H73NO7. The quantitative estimate of drug-likeness (QED) is 0.0288. The molecule has 0 spiro atoms. The second-order valence-electron chi connectivity index (χ2n) is 14.2. The number of hydrogen-bond donors (Lipinski definition) is 0. The van der Waals surface area contributed by atoms with Crippen molar-refractivity contribution in [3.8, 4) is 0 Å². The third kappa shape index (κ3) is 31.3. The largest absolute Gasteiger partial charge is 0.544 e. The SMILES string of the molecule is CCCCC/C=C/C/C=C/CCCCCCCCCC(=O)OC(COCCC(C(=O)[O-])[N+](C)(C)C)COC(=O)CC/C=C/CCCCCC. The molecule has 49 heavy (non-hydrogen) atoms. The number of ether oxygens (including phenoxy) is 3. The lowest BCUT2D eigenvalue weighted by atomic mass is 10.1. The molecule has 0 saturated carbocycles. The van der Waals surface area contributed by atoms with Crippen LogP contribution in [0.5, 0.6) is 0 Å². The molecule has 2 unspecified atom stereocenters. The Bertz CT molecular complexity index is 906. The maximum Gasteiger partial charge on any atom is 0.306 e. The summed E-state index contributed by atoms with van der Waals surface area (Å²) in [5.74, 6) is -1.82. The number of carbonyl (C=O) groups excluding carboxylic acids is 3. The van der Waals surface area contributed by atoms with E-state index < -0.39 is 18.1 Å². The van der Waals surface area contributed by atoms with Crippen molar-refractivity contribution in [1.82, 2.24) is 0 Å². The van der Waals surface area contributed by atoms with Gasteiger partial charge in [0.05, 0.1) is 40.3 Å². The van der Waals surface area contributed by atoms with Crippen LogP contribution in [-0.4, -0.2) is 75.5 Å². The van der Waals surface area contributed by atoms with E-state index in [0.717, 1.165) is 44.9 Å². The van der Waals surface area contributed by atoms with E-state index in [1.165, 1.54) is 70.6 Å². The van der Waals surface area contributed by atoms with Gasteiger partial charge in [-0.2, -0.15) is 0 Å². The van der Waals surface area contributed by atoms with Gasteiger partial charge in [-0.25, -0.2) is 0 Å². The molecule has 0 rings (SSSR count). The van der Waals surface area contributed by atoms with Gasteiger partial charge >= 0.3 is 11.9 Å². The molecule has 0 aliphatic heterocycles. The highest BCUT2D eigenvalue weighted by Crippen LogP contribution is 2.13.